The molecule has 130 valence electrons. The molecule has 0 radical (unpaired) electrons. The van der Waals surface area contributed by atoms with E-state index in [1.165, 1.54) is 0 Å². The van der Waals surface area contributed by atoms with Crippen LogP contribution in [0.5, 0.6) is 0 Å². The monoisotopic (exact) mass is 348 g/mol. The Morgan fingerprint density at radius 2 is 1.64 bits per heavy atom. The predicted molar refractivity (Wildman–Crippen MR) is 71.2 cm³/mol. The first-order valence-electron chi connectivity index (χ1n) is 7.07. The maximum Gasteiger partial charge on any atom is 0.383 e. The van der Waals surface area contributed by atoms with E-state index in [2.05, 4.69) is 9.37 Å². The Balaban J connectivity index is 2.02. The average molecular weight is 348 g/mol. The SMILES string of the molecule is CC(C)(C)OC1CC2CC1CC2C(F)(F)C(F)(F)SOOO. The Bertz CT molecular complexity index is 402. The van der Waals surface area contributed by atoms with Crippen molar-refractivity contribution in [3.63, 3.8) is 0 Å². The number of hydrogen-bond acceptors (Lipinski definition) is 5. The fourth-order valence-corrected chi connectivity index (χ4v) is 3.97. The highest BCUT2D eigenvalue weighted by molar-refractivity contribution is 7.95. The van der Waals surface area contributed by atoms with Crippen molar-refractivity contribution >= 4 is 12.0 Å². The van der Waals surface area contributed by atoms with E-state index >= 15 is 0 Å². The van der Waals surface area contributed by atoms with E-state index in [0.29, 0.717) is 12.8 Å². The molecule has 9 heteroatoms. The lowest BCUT2D eigenvalue weighted by Gasteiger charge is -2.37. The van der Waals surface area contributed by atoms with Crippen molar-refractivity contribution in [1.29, 1.82) is 0 Å². The number of alkyl halides is 4. The van der Waals surface area contributed by atoms with Gasteiger partial charge in [0.25, 0.3) is 0 Å². The van der Waals surface area contributed by atoms with Gasteiger partial charge >= 0.3 is 11.2 Å². The van der Waals surface area contributed by atoms with Crippen molar-refractivity contribution in [2.24, 2.45) is 17.8 Å². The summed E-state index contributed by atoms with van der Waals surface area (Å²) >= 11 is -0.876. The molecule has 0 amide bonds. The zero-order valence-electron chi connectivity index (χ0n) is 12.5. The van der Waals surface area contributed by atoms with Gasteiger partial charge in [-0.3, -0.25) is 0 Å². The fraction of sp³-hybridized carbons (Fsp3) is 1.00. The van der Waals surface area contributed by atoms with Crippen LogP contribution in [-0.2, 0) is 14.1 Å². The van der Waals surface area contributed by atoms with Gasteiger partial charge in [0.15, 0.2) is 0 Å². The van der Waals surface area contributed by atoms with E-state index in [1.54, 1.807) is 0 Å². The van der Waals surface area contributed by atoms with Gasteiger partial charge < -0.3 is 4.74 Å². The highest BCUT2D eigenvalue weighted by atomic mass is 32.2. The third-order valence-electron chi connectivity index (χ3n) is 4.32. The number of rotatable bonds is 6. The van der Waals surface area contributed by atoms with Crippen molar-refractivity contribution in [3.8, 4) is 0 Å². The molecular weight excluding hydrogens is 328 g/mol. The Morgan fingerprint density at radius 1 is 1.00 bits per heavy atom. The van der Waals surface area contributed by atoms with Crippen molar-refractivity contribution in [3.05, 3.63) is 0 Å². The van der Waals surface area contributed by atoms with Crippen molar-refractivity contribution in [1.82, 2.24) is 0 Å². The maximum atomic E-state index is 14.1. The fourth-order valence-electron chi connectivity index (χ4n) is 3.59. The molecule has 2 bridgehead atoms. The molecule has 2 fully saturated rings. The number of fused-ring (bicyclic) bond motifs is 2. The van der Waals surface area contributed by atoms with Gasteiger partial charge in [0.05, 0.1) is 11.7 Å². The van der Waals surface area contributed by atoms with Gasteiger partial charge in [-0.2, -0.15) is 17.6 Å². The Labute approximate surface area is 130 Å². The second kappa shape index (κ2) is 6.08. The second-order valence-corrected chi connectivity index (χ2v) is 7.78. The first kappa shape index (κ1) is 18.3. The normalized spacial score (nSPS) is 32.7. The molecule has 0 aromatic heterocycles. The van der Waals surface area contributed by atoms with Crippen molar-refractivity contribution in [2.45, 2.75) is 62.9 Å². The molecule has 0 aromatic rings. The van der Waals surface area contributed by atoms with Crippen molar-refractivity contribution in [2.75, 3.05) is 0 Å². The second-order valence-electron chi connectivity index (χ2n) is 6.97. The van der Waals surface area contributed by atoms with Crippen LogP contribution in [0.2, 0.25) is 0 Å². The van der Waals surface area contributed by atoms with E-state index < -0.39 is 35.1 Å². The Kier molecular flexibility index (Phi) is 5.05. The van der Waals surface area contributed by atoms with Crippen LogP contribution in [0.25, 0.3) is 0 Å². The minimum absolute atomic E-state index is 0.00541. The van der Waals surface area contributed by atoms with Crippen LogP contribution < -0.4 is 0 Å². The van der Waals surface area contributed by atoms with E-state index in [-0.39, 0.29) is 24.0 Å². The third kappa shape index (κ3) is 3.53. The molecule has 0 aromatic carbocycles. The summed E-state index contributed by atoms with van der Waals surface area (Å²) in [5.41, 5.74) is -0.390. The molecule has 1 N–H and O–H groups in total. The molecule has 2 rings (SSSR count). The molecule has 0 saturated heterocycles. The number of hydrogen-bond donors (Lipinski definition) is 1. The van der Waals surface area contributed by atoms with Gasteiger partial charge in [0, 0.05) is 5.92 Å². The molecule has 22 heavy (non-hydrogen) atoms. The number of halogens is 4. The zero-order valence-corrected chi connectivity index (χ0v) is 13.3. The van der Waals surface area contributed by atoms with E-state index in [9.17, 15) is 17.6 Å². The molecule has 4 atom stereocenters. The summed E-state index contributed by atoms with van der Waals surface area (Å²) in [6.45, 7) is 5.63. The van der Waals surface area contributed by atoms with Gasteiger partial charge in [-0.15, -0.1) is 4.33 Å². The van der Waals surface area contributed by atoms with Gasteiger partial charge in [-0.25, -0.2) is 5.26 Å². The third-order valence-corrected chi connectivity index (χ3v) is 4.93. The summed E-state index contributed by atoms with van der Waals surface area (Å²) in [5, 5.41) is 6.39. The van der Waals surface area contributed by atoms with Crippen LogP contribution in [0.3, 0.4) is 0 Å². The highest BCUT2D eigenvalue weighted by Crippen LogP contribution is 2.60. The van der Waals surface area contributed by atoms with Gasteiger partial charge in [0.1, 0.15) is 12.0 Å². The summed E-state index contributed by atoms with van der Waals surface area (Å²) in [6.07, 6.45) is 0.670. The van der Waals surface area contributed by atoms with Crippen LogP contribution in [0.4, 0.5) is 17.6 Å². The molecule has 0 aliphatic heterocycles. The molecular formula is C13H20F4O4S. The van der Waals surface area contributed by atoms with E-state index in [4.69, 9.17) is 9.99 Å². The molecule has 4 nitrogen and oxygen atoms in total. The Hall–Kier alpha value is -0.0900. The summed E-state index contributed by atoms with van der Waals surface area (Å²) in [4.78, 5) is 0. The number of ether oxygens (including phenoxy) is 1. The van der Waals surface area contributed by atoms with Crippen LogP contribution in [0, 0.1) is 17.8 Å². The lowest BCUT2D eigenvalue weighted by Crippen LogP contribution is -2.48. The van der Waals surface area contributed by atoms with Crippen LogP contribution in [0.15, 0.2) is 0 Å². The van der Waals surface area contributed by atoms with Gasteiger partial charge in [-0.1, -0.05) is 5.04 Å². The summed E-state index contributed by atoms with van der Waals surface area (Å²) in [5.74, 6) is -6.31. The van der Waals surface area contributed by atoms with Gasteiger partial charge in [0.2, 0.25) is 0 Å². The lowest BCUT2D eigenvalue weighted by molar-refractivity contribution is -0.434. The average Bonchev–Trinajstić information content (AvgIpc) is 2.93. The summed E-state index contributed by atoms with van der Waals surface area (Å²) < 4.78 is 64.8. The largest absolute Gasteiger partial charge is 0.383 e. The van der Waals surface area contributed by atoms with E-state index in [1.807, 2.05) is 20.8 Å². The molecule has 2 aliphatic carbocycles. The molecule has 0 heterocycles. The summed E-state index contributed by atoms with van der Waals surface area (Å²) in [7, 11) is 0. The molecule has 2 saturated carbocycles. The predicted octanol–water partition coefficient (Wildman–Crippen LogP) is 4.51. The van der Waals surface area contributed by atoms with Crippen LogP contribution >= 0.6 is 12.0 Å². The smallest absolute Gasteiger partial charge is 0.372 e. The first-order chi connectivity index (χ1) is 9.98. The molecule has 0 spiro atoms. The zero-order chi connectivity index (χ0) is 16.8. The Morgan fingerprint density at radius 3 is 2.09 bits per heavy atom. The highest BCUT2D eigenvalue weighted by Gasteiger charge is 2.67. The summed E-state index contributed by atoms with van der Waals surface area (Å²) in [6, 6.07) is 0. The lowest BCUT2D eigenvalue weighted by atomic mass is 9.82. The van der Waals surface area contributed by atoms with Crippen LogP contribution in [0.1, 0.15) is 40.0 Å². The quantitative estimate of drug-likeness (QED) is 0.331. The minimum atomic E-state index is -4.48. The van der Waals surface area contributed by atoms with E-state index in [0.717, 1.165) is 0 Å². The van der Waals surface area contributed by atoms with Crippen LogP contribution in [-0.4, -0.2) is 28.1 Å². The molecule has 2 aliphatic rings. The van der Waals surface area contributed by atoms with Crippen molar-refractivity contribution < 1.29 is 36.9 Å². The maximum absolute atomic E-state index is 14.1. The standard InChI is InChI=1S/C13H20F4O4S/c1-11(2,3)19-10-6-7-4-8(10)5-9(7)12(14,15)13(16,17)22-21-20-18/h7-10,18H,4-6H2,1-3H3. The molecule has 4 unspecified atom stereocenters. The first-order valence-corrected chi connectivity index (χ1v) is 7.81. The van der Waals surface area contributed by atoms with Gasteiger partial charge in [-0.05, 0) is 51.9 Å². The minimum Gasteiger partial charge on any atom is -0.372 e. The topological polar surface area (TPSA) is 47.9 Å².